The van der Waals surface area contributed by atoms with E-state index in [-0.39, 0.29) is 29.5 Å². The summed E-state index contributed by atoms with van der Waals surface area (Å²) >= 11 is 0. The molecule has 1 aliphatic rings. The van der Waals surface area contributed by atoms with E-state index in [1.807, 2.05) is 0 Å². The summed E-state index contributed by atoms with van der Waals surface area (Å²) in [6.07, 6.45) is 2.31. The van der Waals surface area contributed by atoms with Crippen LogP contribution < -0.4 is 15.8 Å². The first kappa shape index (κ1) is 15.2. The summed E-state index contributed by atoms with van der Waals surface area (Å²) in [6.45, 7) is 2.29. The quantitative estimate of drug-likeness (QED) is 0.633. The molecule has 2 unspecified atom stereocenters. The molecule has 0 radical (unpaired) electrons. The SMILES string of the molecule is CCNC(=O)c1ccc([N+](=O)[O-])c(OC2CCCC2N)c1. The van der Waals surface area contributed by atoms with Crippen LogP contribution in [0.2, 0.25) is 0 Å². The Hall–Kier alpha value is -2.15. The van der Waals surface area contributed by atoms with Gasteiger partial charge in [-0.05, 0) is 32.3 Å². The number of nitrogens with zero attached hydrogens (tertiary/aromatic N) is 1. The minimum absolute atomic E-state index is 0.103. The predicted octanol–water partition coefficient (Wildman–Crippen LogP) is 1.60. The van der Waals surface area contributed by atoms with Crippen molar-refractivity contribution in [3.8, 4) is 5.75 Å². The van der Waals surface area contributed by atoms with Crippen molar-refractivity contribution in [2.75, 3.05) is 6.54 Å². The van der Waals surface area contributed by atoms with E-state index in [0.717, 1.165) is 19.3 Å². The maximum absolute atomic E-state index is 11.8. The zero-order chi connectivity index (χ0) is 15.4. The summed E-state index contributed by atoms with van der Waals surface area (Å²) in [5.74, 6) is -0.181. The van der Waals surface area contributed by atoms with Gasteiger partial charge in [0.2, 0.25) is 0 Å². The fraction of sp³-hybridized carbons (Fsp3) is 0.500. The molecule has 2 rings (SSSR count). The van der Waals surface area contributed by atoms with Gasteiger partial charge in [0.05, 0.1) is 4.92 Å². The molecule has 0 aliphatic heterocycles. The summed E-state index contributed by atoms with van der Waals surface area (Å²) in [4.78, 5) is 22.4. The maximum Gasteiger partial charge on any atom is 0.310 e. The second-order valence-electron chi connectivity index (χ2n) is 5.05. The number of benzene rings is 1. The molecule has 1 amide bonds. The monoisotopic (exact) mass is 293 g/mol. The molecule has 3 N–H and O–H groups in total. The number of nitrogens with two attached hydrogens (primary N) is 1. The number of nitro groups is 1. The van der Waals surface area contributed by atoms with E-state index in [1.54, 1.807) is 6.92 Å². The second kappa shape index (κ2) is 6.53. The van der Waals surface area contributed by atoms with Crippen molar-refractivity contribution < 1.29 is 14.5 Å². The van der Waals surface area contributed by atoms with Crippen molar-refractivity contribution in [1.29, 1.82) is 0 Å². The Morgan fingerprint density at radius 1 is 1.52 bits per heavy atom. The first-order valence-corrected chi connectivity index (χ1v) is 7.01. The Balaban J connectivity index is 2.28. The topological polar surface area (TPSA) is 107 Å². The Bertz CT molecular complexity index is 547. The van der Waals surface area contributed by atoms with Gasteiger partial charge < -0.3 is 15.8 Å². The molecule has 1 fully saturated rings. The third-order valence-electron chi connectivity index (χ3n) is 3.54. The molecule has 1 saturated carbocycles. The lowest BCUT2D eigenvalue weighted by molar-refractivity contribution is -0.386. The van der Waals surface area contributed by atoms with Gasteiger partial charge in [-0.1, -0.05) is 0 Å². The number of carbonyl (C=O) groups excluding carboxylic acids is 1. The molecule has 7 nitrogen and oxygen atoms in total. The summed E-state index contributed by atoms with van der Waals surface area (Å²) < 4.78 is 5.70. The van der Waals surface area contributed by atoms with Crippen LogP contribution in [-0.2, 0) is 0 Å². The van der Waals surface area contributed by atoms with Crippen molar-refractivity contribution in [2.45, 2.75) is 38.3 Å². The first-order valence-electron chi connectivity index (χ1n) is 7.01. The number of nitrogens with one attached hydrogen (secondary N) is 1. The molecule has 0 heterocycles. The van der Waals surface area contributed by atoms with Crippen LogP contribution in [-0.4, -0.2) is 29.5 Å². The van der Waals surface area contributed by atoms with Gasteiger partial charge >= 0.3 is 5.69 Å². The molecule has 114 valence electrons. The van der Waals surface area contributed by atoms with Crippen molar-refractivity contribution in [3.05, 3.63) is 33.9 Å². The summed E-state index contributed by atoms with van der Waals surface area (Å²) in [7, 11) is 0. The lowest BCUT2D eigenvalue weighted by Crippen LogP contribution is -2.33. The molecule has 1 aromatic rings. The zero-order valence-corrected chi connectivity index (χ0v) is 11.9. The minimum Gasteiger partial charge on any atom is -0.482 e. The van der Waals surface area contributed by atoms with E-state index in [4.69, 9.17) is 10.5 Å². The summed E-state index contributed by atoms with van der Waals surface area (Å²) in [5, 5.41) is 13.7. The van der Waals surface area contributed by atoms with Gasteiger partial charge in [0.25, 0.3) is 5.91 Å². The Morgan fingerprint density at radius 3 is 2.86 bits per heavy atom. The number of rotatable bonds is 5. The largest absolute Gasteiger partial charge is 0.482 e. The van der Waals surface area contributed by atoms with E-state index in [1.165, 1.54) is 18.2 Å². The third-order valence-corrected chi connectivity index (χ3v) is 3.54. The summed E-state index contributed by atoms with van der Waals surface area (Å²) in [5.41, 5.74) is 6.11. The van der Waals surface area contributed by atoms with Gasteiger partial charge in [0, 0.05) is 30.3 Å². The van der Waals surface area contributed by atoms with Crippen LogP contribution in [0.4, 0.5) is 5.69 Å². The number of nitro benzene ring substituents is 1. The highest BCUT2D eigenvalue weighted by molar-refractivity contribution is 5.95. The van der Waals surface area contributed by atoms with E-state index < -0.39 is 4.92 Å². The fourth-order valence-corrected chi connectivity index (χ4v) is 2.43. The highest BCUT2D eigenvalue weighted by atomic mass is 16.6. The highest BCUT2D eigenvalue weighted by Crippen LogP contribution is 2.32. The Labute approximate surface area is 122 Å². The van der Waals surface area contributed by atoms with Crippen molar-refractivity contribution in [2.24, 2.45) is 5.73 Å². The molecule has 1 aromatic carbocycles. The van der Waals surface area contributed by atoms with E-state index in [0.29, 0.717) is 12.1 Å². The summed E-state index contributed by atoms with van der Waals surface area (Å²) in [6, 6.07) is 4.00. The van der Waals surface area contributed by atoms with E-state index >= 15 is 0 Å². The van der Waals surface area contributed by atoms with Gasteiger partial charge in [0.1, 0.15) is 6.10 Å². The van der Waals surface area contributed by atoms with Gasteiger partial charge in [-0.15, -0.1) is 0 Å². The third kappa shape index (κ3) is 3.49. The molecule has 2 atom stereocenters. The van der Waals surface area contributed by atoms with Gasteiger partial charge in [-0.25, -0.2) is 0 Å². The van der Waals surface area contributed by atoms with Gasteiger partial charge in [0.15, 0.2) is 5.75 Å². The smallest absolute Gasteiger partial charge is 0.310 e. The average molecular weight is 293 g/mol. The van der Waals surface area contributed by atoms with Gasteiger partial charge in [-0.3, -0.25) is 14.9 Å². The lowest BCUT2D eigenvalue weighted by atomic mass is 10.1. The van der Waals surface area contributed by atoms with E-state index in [2.05, 4.69) is 5.32 Å². The van der Waals surface area contributed by atoms with Crippen molar-refractivity contribution >= 4 is 11.6 Å². The van der Waals surface area contributed by atoms with Crippen LogP contribution in [0.1, 0.15) is 36.5 Å². The number of ether oxygens (including phenoxy) is 1. The van der Waals surface area contributed by atoms with Crippen LogP contribution in [0, 0.1) is 10.1 Å². The number of hydrogen-bond acceptors (Lipinski definition) is 5. The molecular weight excluding hydrogens is 274 g/mol. The molecule has 0 saturated heterocycles. The second-order valence-corrected chi connectivity index (χ2v) is 5.05. The molecule has 0 spiro atoms. The molecule has 21 heavy (non-hydrogen) atoms. The molecular formula is C14H19N3O4. The maximum atomic E-state index is 11.8. The van der Waals surface area contributed by atoms with Crippen molar-refractivity contribution in [3.63, 3.8) is 0 Å². The standard InChI is InChI=1S/C14H19N3O4/c1-2-16-14(18)9-6-7-11(17(19)20)13(8-9)21-12-5-3-4-10(12)15/h6-8,10,12H,2-5,15H2,1H3,(H,16,18). The fourth-order valence-electron chi connectivity index (χ4n) is 2.43. The normalized spacial score (nSPS) is 21.0. The molecule has 0 bridgehead atoms. The number of hydrogen-bond donors (Lipinski definition) is 2. The van der Waals surface area contributed by atoms with Crippen molar-refractivity contribution in [1.82, 2.24) is 5.32 Å². The van der Waals surface area contributed by atoms with Crippen LogP contribution in [0.25, 0.3) is 0 Å². The van der Waals surface area contributed by atoms with E-state index in [9.17, 15) is 14.9 Å². The number of carbonyl (C=O) groups is 1. The molecule has 0 aromatic heterocycles. The Morgan fingerprint density at radius 2 is 2.29 bits per heavy atom. The zero-order valence-electron chi connectivity index (χ0n) is 11.9. The predicted molar refractivity (Wildman–Crippen MR) is 77.3 cm³/mol. The first-order chi connectivity index (χ1) is 10.0. The van der Waals surface area contributed by atoms with Crippen LogP contribution in [0.15, 0.2) is 18.2 Å². The van der Waals surface area contributed by atoms with Crippen LogP contribution in [0.5, 0.6) is 5.75 Å². The number of amides is 1. The Kier molecular flexibility index (Phi) is 4.74. The lowest BCUT2D eigenvalue weighted by Gasteiger charge is -2.18. The highest BCUT2D eigenvalue weighted by Gasteiger charge is 2.28. The van der Waals surface area contributed by atoms with Gasteiger partial charge in [-0.2, -0.15) is 0 Å². The molecule has 1 aliphatic carbocycles. The van der Waals surface area contributed by atoms with Crippen LogP contribution >= 0.6 is 0 Å². The average Bonchev–Trinajstić information content (AvgIpc) is 2.84. The molecule has 7 heteroatoms. The minimum atomic E-state index is -0.517. The van der Waals surface area contributed by atoms with Crippen LogP contribution in [0.3, 0.4) is 0 Å².